The van der Waals surface area contributed by atoms with Gasteiger partial charge in [-0.25, -0.2) is 0 Å². The molecule has 0 spiro atoms. The number of nitrogens with zero attached hydrogens (tertiary/aromatic N) is 2. The molecule has 0 fully saturated rings. The minimum absolute atomic E-state index is 0.00654. The topological polar surface area (TPSA) is 83.8 Å². The van der Waals surface area contributed by atoms with Gasteiger partial charge in [-0.3, -0.25) is 15.1 Å². The fraction of sp³-hybridized carbons (Fsp3) is 0.133. The molecule has 2 heterocycles. The summed E-state index contributed by atoms with van der Waals surface area (Å²) >= 11 is 0. The summed E-state index contributed by atoms with van der Waals surface area (Å²) in [6.45, 7) is 4.07. The van der Waals surface area contributed by atoms with Gasteiger partial charge in [0.05, 0.1) is 11.1 Å². The van der Waals surface area contributed by atoms with Crippen molar-refractivity contribution in [3.63, 3.8) is 0 Å². The van der Waals surface area contributed by atoms with Crippen molar-refractivity contribution in [1.29, 1.82) is 0 Å². The molecule has 0 aliphatic carbocycles. The third kappa shape index (κ3) is 2.31. The number of aromatic nitrogens is 2. The van der Waals surface area contributed by atoms with Crippen molar-refractivity contribution in [2.24, 2.45) is 0 Å². The molecule has 0 bridgehead atoms. The molecule has 0 saturated carbocycles. The van der Waals surface area contributed by atoms with Gasteiger partial charge in [0.15, 0.2) is 0 Å². The van der Waals surface area contributed by atoms with Crippen LogP contribution in [0.15, 0.2) is 36.7 Å². The van der Waals surface area contributed by atoms with E-state index in [2.05, 4.69) is 15.3 Å². The number of pyridine rings is 1. The maximum Gasteiger partial charge on any atom is 0.295 e. The Labute approximate surface area is 121 Å². The summed E-state index contributed by atoms with van der Waals surface area (Å²) in [5, 5.41) is 15.2. The summed E-state index contributed by atoms with van der Waals surface area (Å²) in [6.07, 6.45) is 2.86. The number of nitrogens with one attached hydrogen (secondary N) is 2. The number of anilines is 2. The number of H-pyrrole nitrogens is 1. The van der Waals surface area contributed by atoms with Gasteiger partial charge < -0.3 is 10.3 Å². The number of benzene rings is 1. The van der Waals surface area contributed by atoms with E-state index in [-0.39, 0.29) is 5.69 Å². The average Bonchev–Trinajstić information content (AvgIpc) is 2.75. The molecule has 0 saturated heterocycles. The van der Waals surface area contributed by atoms with Crippen LogP contribution >= 0.6 is 0 Å². The van der Waals surface area contributed by atoms with Gasteiger partial charge >= 0.3 is 0 Å². The van der Waals surface area contributed by atoms with Gasteiger partial charge in [-0.2, -0.15) is 0 Å². The summed E-state index contributed by atoms with van der Waals surface area (Å²) in [5.41, 5.74) is 4.53. The third-order valence-corrected chi connectivity index (χ3v) is 3.58. The Kier molecular flexibility index (Phi) is 3.06. The minimum Gasteiger partial charge on any atom is -0.358 e. The maximum atomic E-state index is 11.0. The van der Waals surface area contributed by atoms with Crippen molar-refractivity contribution in [2.75, 3.05) is 5.32 Å². The number of aromatic amines is 1. The normalized spacial score (nSPS) is 10.8. The molecule has 2 N–H and O–H groups in total. The first-order chi connectivity index (χ1) is 10.1. The van der Waals surface area contributed by atoms with Gasteiger partial charge in [-0.15, -0.1) is 0 Å². The monoisotopic (exact) mass is 282 g/mol. The third-order valence-electron chi connectivity index (χ3n) is 3.58. The Balaban J connectivity index is 2.02. The van der Waals surface area contributed by atoms with Crippen molar-refractivity contribution in [2.45, 2.75) is 13.8 Å². The largest absolute Gasteiger partial charge is 0.358 e. The second-order valence-electron chi connectivity index (χ2n) is 4.91. The number of fused-ring (bicyclic) bond motifs is 1. The highest BCUT2D eigenvalue weighted by atomic mass is 16.6. The summed E-state index contributed by atoms with van der Waals surface area (Å²) in [7, 11) is 0. The van der Waals surface area contributed by atoms with E-state index in [1.807, 2.05) is 32.0 Å². The molecular formula is C15H14N4O2. The molecule has 0 amide bonds. The first-order valence-corrected chi connectivity index (χ1v) is 6.50. The lowest BCUT2D eigenvalue weighted by atomic mass is 10.1. The lowest BCUT2D eigenvalue weighted by Crippen LogP contribution is -1.97. The molecule has 0 atom stereocenters. The number of aryl methyl sites for hydroxylation is 2. The van der Waals surface area contributed by atoms with E-state index in [4.69, 9.17) is 0 Å². The van der Waals surface area contributed by atoms with E-state index in [1.54, 1.807) is 0 Å². The van der Waals surface area contributed by atoms with E-state index in [0.717, 1.165) is 22.3 Å². The van der Waals surface area contributed by atoms with E-state index in [9.17, 15) is 10.1 Å². The molecular weight excluding hydrogens is 268 g/mol. The van der Waals surface area contributed by atoms with Crippen LogP contribution in [0.2, 0.25) is 0 Å². The maximum absolute atomic E-state index is 11.0. The van der Waals surface area contributed by atoms with E-state index in [1.165, 1.54) is 24.0 Å². The first kappa shape index (κ1) is 13.1. The Hall–Kier alpha value is -2.89. The molecule has 106 valence electrons. The number of hydrogen-bond acceptors (Lipinski definition) is 4. The second-order valence-corrected chi connectivity index (χ2v) is 4.91. The SMILES string of the molecule is Cc1[nH]c2ccc(Nc3cnccc3[N+](=O)[O-])cc2c1C. The number of nitro groups is 1. The lowest BCUT2D eigenvalue weighted by molar-refractivity contribution is -0.384. The molecule has 0 radical (unpaired) electrons. The quantitative estimate of drug-likeness (QED) is 0.564. The number of hydrogen-bond donors (Lipinski definition) is 2. The molecule has 0 unspecified atom stereocenters. The van der Waals surface area contributed by atoms with E-state index in [0.29, 0.717) is 5.69 Å². The van der Waals surface area contributed by atoms with Crippen molar-refractivity contribution in [1.82, 2.24) is 9.97 Å². The Morgan fingerprint density at radius 2 is 2.10 bits per heavy atom. The fourth-order valence-electron chi connectivity index (χ4n) is 2.34. The molecule has 0 aliphatic rings. The Morgan fingerprint density at radius 3 is 2.86 bits per heavy atom. The minimum atomic E-state index is -0.422. The van der Waals surface area contributed by atoms with E-state index >= 15 is 0 Å². The zero-order chi connectivity index (χ0) is 15.0. The fourth-order valence-corrected chi connectivity index (χ4v) is 2.34. The smallest absolute Gasteiger partial charge is 0.295 e. The standard InChI is InChI=1S/C15H14N4O2/c1-9-10(2)17-13-4-3-11(7-12(9)13)18-14-8-16-6-5-15(14)19(20)21/h3-8,17-18H,1-2H3. The van der Waals surface area contributed by atoms with Crippen LogP contribution in [0.5, 0.6) is 0 Å². The Bertz CT molecular complexity index is 839. The zero-order valence-corrected chi connectivity index (χ0v) is 11.7. The summed E-state index contributed by atoms with van der Waals surface area (Å²) < 4.78 is 0. The van der Waals surface area contributed by atoms with E-state index < -0.39 is 4.92 Å². The van der Waals surface area contributed by atoms with Crippen LogP contribution in [0, 0.1) is 24.0 Å². The summed E-state index contributed by atoms with van der Waals surface area (Å²) in [4.78, 5) is 17.8. The first-order valence-electron chi connectivity index (χ1n) is 6.50. The van der Waals surface area contributed by atoms with Crippen molar-refractivity contribution < 1.29 is 4.92 Å². The zero-order valence-electron chi connectivity index (χ0n) is 11.7. The van der Waals surface area contributed by atoms with Crippen LogP contribution in [0.4, 0.5) is 17.1 Å². The summed E-state index contributed by atoms with van der Waals surface area (Å²) in [6, 6.07) is 7.20. The molecule has 3 aromatic rings. The summed E-state index contributed by atoms with van der Waals surface area (Å²) in [5.74, 6) is 0. The molecule has 6 nitrogen and oxygen atoms in total. The molecule has 21 heavy (non-hydrogen) atoms. The molecule has 3 rings (SSSR count). The van der Waals surface area contributed by atoms with Gasteiger partial charge in [-0.1, -0.05) is 0 Å². The molecule has 1 aromatic carbocycles. The predicted octanol–water partition coefficient (Wildman–Crippen LogP) is 3.83. The predicted molar refractivity (Wildman–Crippen MR) is 81.9 cm³/mol. The van der Waals surface area contributed by atoms with Gasteiger partial charge in [0.25, 0.3) is 5.69 Å². The van der Waals surface area contributed by atoms with Crippen LogP contribution in [-0.4, -0.2) is 14.9 Å². The van der Waals surface area contributed by atoms with Gasteiger partial charge in [0.2, 0.25) is 0 Å². The van der Waals surface area contributed by atoms with Crippen LogP contribution < -0.4 is 5.32 Å². The molecule has 0 aliphatic heterocycles. The van der Waals surface area contributed by atoms with Gasteiger partial charge in [0, 0.05) is 34.5 Å². The van der Waals surface area contributed by atoms with Crippen molar-refractivity contribution in [3.8, 4) is 0 Å². The highest BCUT2D eigenvalue weighted by molar-refractivity contribution is 5.88. The highest BCUT2D eigenvalue weighted by Crippen LogP contribution is 2.29. The van der Waals surface area contributed by atoms with Crippen LogP contribution in [0.1, 0.15) is 11.3 Å². The van der Waals surface area contributed by atoms with Crippen molar-refractivity contribution in [3.05, 3.63) is 58.0 Å². The van der Waals surface area contributed by atoms with Crippen LogP contribution in [0.25, 0.3) is 10.9 Å². The molecule has 6 heteroatoms. The van der Waals surface area contributed by atoms with Crippen LogP contribution in [0.3, 0.4) is 0 Å². The highest BCUT2D eigenvalue weighted by Gasteiger charge is 2.13. The average molecular weight is 282 g/mol. The number of rotatable bonds is 3. The Morgan fingerprint density at radius 1 is 1.29 bits per heavy atom. The second kappa shape index (κ2) is 4.90. The van der Waals surface area contributed by atoms with Gasteiger partial charge in [0.1, 0.15) is 5.69 Å². The lowest BCUT2D eigenvalue weighted by Gasteiger charge is -2.06. The van der Waals surface area contributed by atoms with Crippen LogP contribution in [-0.2, 0) is 0 Å². The van der Waals surface area contributed by atoms with Gasteiger partial charge in [-0.05, 0) is 37.6 Å². The molecule has 2 aromatic heterocycles. The van der Waals surface area contributed by atoms with Crippen molar-refractivity contribution >= 4 is 28.0 Å².